The topological polar surface area (TPSA) is 83.5 Å². The highest BCUT2D eigenvalue weighted by Crippen LogP contribution is 2.29. The van der Waals surface area contributed by atoms with Gasteiger partial charge in [-0.15, -0.1) is 12.4 Å². The predicted molar refractivity (Wildman–Crippen MR) is 55.4 cm³/mol. The molecule has 84 valence electrons. The number of aliphatic hydroxyl groups excluding tert-OH is 1. The molecule has 4 nitrogen and oxygen atoms in total. The number of aliphatic hydroxyl groups is 1. The molecule has 0 heterocycles. The lowest BCUT2D eigenvalue weighted by Gasteiger charge is -2.19. The summed E-state index contributed by atoms with van der Waals surface area (Å²) >= 11 is 0. The van der Waals surface area contributed by atoms with Crippen molar-refractivity contribution in [1.29, 1.82) is 0 Å². The van der Waals surface area contributed by atoms with Crippen LogP contribution in [0.3, 0.4) is 0 Å². The van der Waals surface area contributed by atoms with E-state index in [1.54, 1.807) is 0 Å². The Morgan fingerprint density at radius 2 is 1.93 bits per heavy atom. The molecule has 0 spiro atoms. The minimum atomic E-state index is -1.03. The first-order valence-electron chi connectivity index (χ1n) is 4.77. The van der Waals surface area contributed by atoms with Crippen LogP contribution >= 0.6 is 12.4 Å². The van der Waals surface area contributed by atoms with Crippen molar-refractivity contribution in [2.45, 2.75) is 44.2 Å². The minimum Gasteiger partial charge on any atom is -0.480 e. The summed E-state index contributed by atoms with van der Waals surface area (Å²) in [6.45, 7) is 0. The van der Waals surface area contributed by atoms with Gasteiger partial charge in [-0.2, -0.15) is 0 Å². The summed E-state index contributed by atoms with van der Waals surface area (Å²) in [5, 5.41) is 18.2. The molecule has 0 aliphatic heterocycles. The molecule has 1 saturated carbocycles. The summed E-state index contributed by atoms with van der Waals surface area (Å²) in [6.07, 6.45) is 3.95. The third kappa shape index (κ3) is 3.82. The second-order valence-corrected chi connectivity index (χ2v) is 3.79. The van der Waals surface area contributed by atoms with Crippen molar-refractivity contribution in [2.24, 2.45) is 11.7 Å². The van der Waals surface area contributed by atoms with E-state index in [1.165, 1.54) is 0 Å². The average Bonchev–Trinajstić information content (AvgIpc) is 2.55. The maximum atomic E-state index is 10.4. The lowest BCUT2D eigenvalue weighted by Crippen LogP contribution is -2.36. The van der Waals surface area contributed by atoms with Gasteiger partial charge in [-0.1, -0.05) is 12.8 Å². The van der Waals surface area contributed by atoms with Gasteiger partial charge in [0.15, 0.2) is 0 Å². The van der Waals surface area contributed by atoms with Crippen LogP contribution < -0.4 is 5.73 Å². The van der Waals surface area contributed by atoms with E-state index in [9.17, 15) is 9.90 Å². The molecule has 2 unspecified atom stereocenters. The van der Waals surface area contributed by atoms with Crippen LogP contribution in [-0.2, 0) is 4.79 Å². The van der Waals surface area contributed by atoms with Crippen LogP contribution in [0.4, 0.5) is 0 Å². The molecule has 4 N–H and O–H groups in total. The van der Waals surface area contributed by atoms with Crippen LogP contribution in [-0.4, -0.2) is 28.3 Å². The van der Waals surface area contributed by atoms with Crippen LogP contribution in [0.5, 0.6) is 0 Å². The minimum absolute atomic E-state index is 0. The van der Waals surface area contributed by atoms with Crippen molar-refractivity contribution in [2.75, 3.05) is 0 Å². The number of halogens is 1. The van der Waals surface area contributed by atoms with Crippen molar-refractivity contribution in [1.82, 2.24) is 0 Å². The fourth-order valence-electron chi connectivity index (χ4n) is 1.90. The molecular formula is C9H18ClNO3. The number of nitrogens with two attached hydrogens (primary N) is 1. The third-order valence-corrected chi connectivity index (χ3v) is 2.76. The molecule has 5 heteroatoms. The number of carbonyl (C=O) groups is 1. The summed E-state index contributed by atoms with van der Waals surface area (Å²) in [7, 11) is 0. The molecule has 0 saturated heterocycles. The quantitative estimate of drug-likeness (QED) is 0.657. The standard InChI is InChI=1S/C9H17NO3.ClH/c10-7(9(12)13)5-8(11)6-3-1-2-4-6;/h6-8,11H,1-5,10H2,(H,12,13);1H. The Morgan fingerprint density at radius 3 is 2.36 bits per heavy atom. The highest BCUT2D eigenvalue weighted by Gasteiger charge is 2.26. The van der Waals surface area contributed by atoms with E-state index in [-0.39, 0.29) is 24.7 Å². The lowest BCUT2D eigenvalue weighted by molar-refractivity contribution is -0.139. The van der Waals surface area contributed by atoms with Gasteiger partial charge in [-0.3, -0.25) is 4.79 Å². The predicted octanol–water partition coefficient (Wildman–Crippen LogP) is 0.761. The van der Waals surface area contributed by atoms with Crippen LogP contribution in [0.15, 0.2) is 0 Å². The Kier molecular flexibility index (Phi) is 6.08. The largest absolute Gasteiger partial charge is 0.480 e. The molecule has 0 aromatic carbocycles. The monoisotopic (exact) mass is 223 g/mol. The zero-order valence-corrected chi connectivity index (χ0v) is 8.87. The third-order valence-electron chi connectivity index (χ3n) is 2.76. The van der Waals surface area contributed by atoms with Gasteiger partial charge in [0.05, 0.1) is 6.10 Å². The van der Waals surface area contributed by atoms with E-state index in [0.717, 1.165) is 25.7 Å². The highest BCUT2D eigenvalue weighted by molar-refractivity contribution is 5.85. The van der Waals surface area contributed by atoms with E-state index in [1.807, 2.05) is 0 Å². The van der Waals surface area contributed by atoms with Gasteiger partial charge >= 0.3 is 5.97 Å². The summed E-state index contributed by atoms with van der Waals surface area (Å²) in [6, 6.07) is -0.921. The number of carboxylic acids is 1. The lowest BCUT2D eigenvalue weighted by atomic mass is 9.95. The Bertz CT molecular complexity index is 183. The van der Waals surface area contributed by atoms with Gasteiger partial charge in [0, 0.05) is 0 Å². The number of aliphatic carboxylic acids is 1. The Morgan fingerprint density at radius 1 is 1.43 bits per heavy atom. The fraction of sp³-hybridized carbons (Fsp3) is 0.889. The van der Waals surface area contributed by atoms with Crippen LogP contribution in [0.25, 0.3) is 0 Å². The van der Waals surface area contributed by atoms with E-state index in [2.05, 4.69) is 0 Å². The second-order valence-electron chi connectivity index (χ2n) is 3.79. The van der Waals surface area contributed by atoms with Crippen molar-refractivity contribution in [3.8, 4) is 0 Å². The smallest absolute Gasteiger partial charge is 0.320 e. The van der Waals surface area contributed by atoms with Gasteiger partial charge in [0.25, 0.3) is 0 Å². The normalized spacial score (nSPS) is 21.3. The summed E-state index contributed by atoms with van der Waals surface area (Å²) < 4.78 is 0. The van der Waals surface area contributed by atoms with E-state index in [0.29, 0.717) is 0 Å². The molecule has 0 amide bonds. The number of rotatable bonds is 4. The summed E-state index contributed by atoms with van der Waals surface area (Å²) in [4.78, 5) is 10.4. The molecule has 1 fully saturated rings. The molecular weight excluding hydrogens is 206 g/mol. The average molecular weight is 224 g/mol. The van der Waals surface area contributed by atoms with Gasteiger partial charge < -0.3 is 15.9 Å². The summed E-state index contributed by atoms with van der Waals surface area (Å²) in [5.41, 5.74) is 5.33. The Hall–Kier alpha value is -0.320. The van der Waals surface area contributed by atoms with E-state index >= 15 is 0 Å². The van der Waals surface area contributed by atoms with Gasteiger partial charge in [-0.25, -0.2) is 0 Å². The van der Waals surface area contributed by atoms with Crippen LogP contribution in [0.1, 0.15) is 32.1 Å². The molecule has 0 radical (unpaired) electrons. The maximum Gasteiger partial charge on any atom is 0.320 e. The van der Waals surface area contributed by atoms with Gasteiger partial charge in [0.1, 0.15) is 6.04 Å². The first kappa shape index (κ1) is 13.7. The van der Waals surface area contributed by atoms with Crippen molar-refractivity contribution in [3.63, 3.8) is 0 Å². The maximum absolute atomic E-state index is 10.4. The summed E-state index contributed by atoms with van der Waals surface area (Å²) in [5.74, 6) is -0.762. The van der Waals surface area contributed by atoms with Crippen molar-refractivity contribution < 1.29 is 15.0 Å². The van der Waals surface area contributed by atoms with E-state index < -0.39 is 18.1 Å². The first-order valence-corrected chi connectivity index (χ1v) is 4.77. The van der Waals surface area contributed by atoms with Gasteiger partial charge in [-0.05, 0) is 25.2 Å². The zero-order chi connectivity index (χ0) is 9.84. The van der Waals surface area contributed by atoms with Crippen molar-refractivity contribution >= 4 is 18.4 Å². The Labute approximate surface area is 89.9 Å². The molecule has 0 bridgehead atoms. The van der Waals surface area contributed by atoms with Gasteiger partial charge in [0.2, 0.25) is 0 Å². The van der Waals surface area contributed by atoms with Crippen LogP contribution in [0, 0.1) is 5.92 Å². The zero-order valence-electron chi connectivity index (χ0n) is 8.06. The Balaban J connectivity index is 0.00000169. The molecule has 1 rings (SSSR count). The molecule has 2 atom stereocenters. The van der Waals surface area contributed by atoms with E-state index in [4.69, 9.17) is 10.8 Å². The fourth-order valence-corrected chi connectivity index (χ4v) is 1.90. The first-order chi connectivity index (χ1) is 6.11. The molecule has 0 aromatic rings. The number of hydrogen-bond donors (Lipinski definition) is 3. The molecule has 1 aliphatic rings. The van der Waals surface area contributed by atoms with Crippen molar-refractivity contribution in [3.05, 3.63) is 0 Å². The molecule has 0 aromatic heterocycles. The SMILES string of the molecule is Cl.NC(CC(O)C1CCCC1)C(=O)O. The number of hydrogen-bond acceptors (Lipinski definition) is 3. The van der Waals surface area contributed by atoms with Crippen LogP contribution in [0.2, 0.25) is 0 Å². The highest BCUT2D eigenvalue weighted by atomic mass is 35.5. The molecule has 1 aliphatic carbocycles. The number of carboxylic acid groups (broad SMARTS) is 1. The second kappa shape index (κ2) is 6.22. The molecule has 14 heavy (non-hydrogen) atoms.